The molecule has 1 atom stereocenters. The zero-order chi connectivity index (χ0) is 24.3. The maximum atomic E-state index is 14.1. The van der Waals surface area contributed by atoms with Crippen LogP contribution in [0.25, 0.3) is 10.9 Å². The second-order valence-electron chi connectivity index (χ2n) is 8.42. The van der Waals surface area contributed by atoms with E-state index in [9.17, 15) is 8.60 Å². The summed E-state index contributed by atoms with van der Waals surface area (Å²) in [6, 6.07) is 7.82. The summed E-state index contributed by atoms with van der Waals surface area (Å²) in [6.45, 7) is 0. The highest BCUT2D eigenvalue weighted by Gasteiger charge is 2.23. The van der Waals surface area contributed by atoms with Gasteiger partial charge < -0.3 is 24.2 Å². The average molecular weight is 489 g/mol. The Balaban J connectivity index is 1.66. The van der Waals surface area contributed by atoms with E-state index in [2.05, 4.69) is 25.9 Å². The number of rotatable bonds is 8. The predicted molar refractivity (Wildman–Crippen MR) is 134 cm³/mol. The maximum absolute atomic E-state index is 14.1. The maximum Gasteiger partial charge on any atom is 0.146 e. The fraction of sp³-hybridized carbons (Fsp3) is 0.375. The number of nitrogens with one attached hydrogen (secondary N) is 2. The standard InChI is InChI=1S/C24H29FN4O4S/c1-31-17-6-8-18(9-7-17)33-21-11-15(25)5-10-19(21)28-24-23-20(26-14-27-24)12-16(13-22(23)32-2)29-34(3,4)30/h5,10-14,17-18H,3,6-9H2,1-2,4H3,(H,29,30)(H,26,27,28). The lowest BCUT2D eigenvalue weighted by atomic mass is 9.95. The SMILES string of the molecule is C=S(C)(=O)Nc1cc(OC)c2c(Nc3ccc(F)cc3OC3CCC(OC)CC3)ncnc2c1. The van der Waals surface area contributed by atoms with Crippen LogP contribution >= 0.6 is 0 Å². The lowest BCUT2D eigenvalue weighted by Crippen LogP contribution is -2.27. The molecule has 0 radical (unpaired) electrons. The van der Waals surface area contributed by atoms with Crippen LogP contribution in [0.1, 0.15) is 25.7 Å². The molecule has 0 saturated heterocycles. The number of anilines is 3. The summed E-state index contributed by atoms with van der Waals surface area (Å²) >= 11 is 0. The Kier molecular flexibility index (Phi) is 7.08. The second-order valence-corrected chi connectivity index (χ2v) is 10.6. The van der Waals surface area contributed by atoms with Crippen molar-refractivity contribution in [1.29, 1.82) is 0 Å². The molecule has 1 aliphatic rings. The molecule has 34 heavy (non-hydrogen) atoms. The van der Waals surface area contributed by atoms with Crippen LogP contribution in [0.5, 0.6) is 11.5 Å². The Morgan fingerprint density at radius 2 is 1.79 bits per heavy atom. The third-order valence-electron chi connectivity index (χ3n) is 5.70. The fourth-order valence-corrected chi connectivity index (χ4v) is 4.72. The van der Waals surface area contributed by atoms with Gasteiger partial charge in [0.25, 0.3) is 0 Å². The number of aromatic nitrogens is 2. The summed E-state index contributed by atoms with van der Waals surface area (Å²) in [5.74, 6) is 4.60. The molecule has 1 aliphatic carbocycles. The van der Waals surface area contributed by atoms with Crippen molar-refractivity contribution in [2.75, 3.05) is 30.5 Å². The smallest absolute Gasteiger partial charge is 0.146 e. The van der Waals surface area contributed by atoms with Gasteiger partial charge in [-0.2, -0.15) is 0 Å². The van der Waals surface area contributed by atoms with E-state index in [1.807, 2.05) is 0 Å². The van der Waals surface area contributed by atoms with Gasteiger partial charge in [0.05, 0.1) is 41.6 Å². The van der Waals surface area contributed by atoms with Gasteiger partial charge in [-0.05, 0) is 49.8 Å². The molecule has 0 amide bonds. The number of hydrogen-bond donors (Lipinski definition) is 2. The van der Waals surface area contributed by atoms with Gasteiger partial charge in [0.2, 0.25) is 0 Å². The first-order valence-corrected chi connectivity index (χ1v) is 13.1. The number of hydrogen-bond acceptors (Lipinski definition) is 7. The summed E-state index contributed by atoms with van der Waals surface area (Å²) in [4.78, 5) is 8.73. The van der Waals surface area contributed by atoms with Crippen LogP contribution in [0, 0.1) is 5.82 Å². The normalized spacial score (nSPS) is 19.9. The van der Waals surface area contributed by atoms with E-state index in [0.29, 0.717) is 39.6 Å². The largest absolute Gasteiger partial charge is 0.496 e. The van der Waals surface area contributed by atoms with E-state index >= 15 is 0 Å². The lowest BCUT2D eigenvalue weighted by Gasteiger charge is -2.28. The zero-order valence-electron chi connectivity index (χ0n) is 19.5. The Labute approximate surface area is 199 Å². The van der Waals surface area contributed by atoms with Crippen molar-refractivity contribution in [3.8, 4) is 11.5 Å². The fourth-order valence-electron chi connectivity index (χ4n) is 4.11. The second kappa shape index (κ2) is 10.0. The van der Waals surface area contributed by atoms with Gasteiger partial charge >= 0.3 is 0 Å². The molecule has 0 spiro atoms. The predicted octanol–water partition coefficient (Wildman–Crippen LogP) is 4.53. The first-order valence-electron chi connectivity index (χ1n) is 10.9. The summed E-state index contributed by atoms with van der Waals surface area (Å²) in [5.41, 5.74) is 1.72. The number of halogens is 1. The van der Waals surface area contributed by atoms with E-state index in [1.165, 1.54) is 31.8 Å². The highest BCUT2D eigenvalue weighted by molar-refractivity contribution is 8.00. The molecular formula is C24H29FN4O4S. The van der Waals surface area contributed by atoms with Gasteiger partial charge in [0.1, 0.15) is 29.5 Å². The van der Waals surface area contributed by atoms with Crippen LogP contribution in [0.15, 0.2) is 36.7 Å². The van der Waals surface area contributed by atoms with Gasteiger partial charge in [-0.15, -0.1) is 0 Å². The van der Waals surface area contributed by atoms with Crippen molar-refractivity contribution in [2.45, 2.75) is 37.9 Å². The van der Waals surface area contributed by atoms with E-state index in [-0.39, 0.29) is 18.0 Å². The Hall–Kier alpha value is -3.11. The molecule has 2 N–H and O–H groups in total. The summed E-state index contributed by atoms with van der Waals surface area (Å²) < 4.78 is 46.3. The van der Waals surface area contributed by atoms with Crippen molar-refractivity contribution in [3.05, 3.63) is 42.5 Å². The van der Waals surface area contributed by atoms with Crippen LogP contribution in [-0.2, 0) is 14.4 Å². The topological polar surface area (TPSA) is 94.6 Å². The Morgan fingerprint density at radius 3 is 2.47 bits per heavy atom. The quantitative estimate of drug-likeness (QED) is 0.450. The molecule has 10 heteroatoms. The molecule has 1 saturated carbocycles. The third-order valence-corrected chi connectivity index (χ3v) is 6.37. The first-order chi connectivity index (χ1) is 16.3. The van der Waals surface area contributed by atoms with Gasteiger partial charge in [-0.1, -0.05) is 0 Å². The van der Waals surface area contributed by atoms with Crippen molar-refractivity contribution in [2.24, 2.45) is 0 Å². The average Bonchev–Trinajstić information content (AvgIpc) is 2.79. The van der Waals surface area contributed by atoms with Gasteiger partial charge in [0.15, 0.2) is 0 Å². The summed E-state index contributed by atoms with van der Waals surface area (Å²) in [6.07, 6.45) is 6.62. The number of benzene rings is 2. The summed E-state index contributed by atoms with van der Waals surface area (Å²) in [7, 11) is 0.772. The molecule has 4 rings (SSSR count). The van der Waals surface area contributed by atoms with E-state index in [4.69, 9.17) is 14.2 Å². The number of nitrogens with zero attached hydrogens (tertiary/aromatic N) is 2. The molecular weight excluding hydrogens is 459 g/mol. The van der Waals surface area contributed by atoms with Crippen LogP contribution in [0.2, 0.25) is 0 Å². The number of ether oxygens (including phenoxy) is 3. The van der Waals surface area contributed by atoms with Gasteiger partial charge in [-0.3, -0.25) is 0 Å². The van der Waals surface area contributed by atoms with Crippen LogP contribution in [0.3, 0.4) is 0 Å². The molecule has 0 aliphatic heterocycles. The molecule has 1 aromatic heterocycles. The molecule has 182 valence electrons. The van der Waals surface area contributed by atoms with Crippen molar-refractivity contribution < 1.29 is 22.8 Å². The van der Waals surface area contributed by atoms with Crippen LogP contribution < -0.4 is 19.5 Å². The van der Waals surface area contributed by atoms with Crippen LogP contribution in [0.4, 0.5) is 21.6 Å². The van der Waals surface area contributed by atoms with Crippen molar-refractivity contribution in [1.82, 2.24) is 9.97 Å². The molecule has 1 fully saturated rings. The highest BCUT2D eigenvalue weighted by Crippen LogP contribution is 2.37. The van der Waals surface area contributed by atoms with Crippen molar-refractivity contribution >= 4 is 43.7 Å². The Bertz CT molecular complexity index is 1280. The summed E-state index contributed by atoms with van der Waals surface area (Å²) in [5, 5.41) is 3.88. The lowest BCUT2D eigenvalue weighted by molar-refractivity contribution is 0.0329. The molecule has 1 heterocycles. The van der Waals surface area contributed by atoms with Crippen LogP contribution in [-0.4, -0.2) is 52.7 Å². The third kappa shape index (κ3) is 5.68. The highest BCUT2D eigenvalue weighted by atomic mass is 32.2. The van der Waals surface area contributed by atoms with E-state index in [1.54, 1.807) is 25.3 Å². The van der Waals surface area contributed by atoms with Gasteiger partial charge in [-0.25, -0.2) is 18.6 Å². The number of fused-ring (bicyclic) bond motifs is 1. The minimum Gasteiger partial charge on any atom is -0.496 e. The minimum absolute atomic E-state index is 0.0226. The minimum atomic E-state index is -2.48. The number of methoxy groups -OCH3 is 2. The monoisotopic (exact) mass is 488 g/mol. The van der Waals surface area contributed by atoms with E-state index in [0.717, 1.165) is 25.7 Å². The van der Waals surface area contributed by atoms with Gasteiger partial charge in [0, 0.05) is 35.2 Å². The van der Waals surface area contributed by atoms with Crippen molar-refractivity contribution in [3.63, 3.8) is 0 Å². The molecule has 0 bridgehead atoms. The zero-order valence-corrected chi connectivity index (χ0v) is 20.3. The Morgan fingerprint density at radius 1 is 1.06 bits per heavy atom. The molecule has 8 nitrogen and oxygen atoms in total. The molecule has 1 unspecified atom stereocenters. The molecule has 2 aromatic carbocycles. The molecule has 3 aromatic rings. The first kappa shape index (κ1) is 24.0. The van der Waals surface area contributed by atoms with E-state index < -0.39 is 9.71 Å².